The molecule has 1 heterocycles. The van der Waals surface area contributed by atoms with Crippen molar-refractivity contribution < 1.29 is 9.26 Å². The van der Waals surface area contributed by atoms with Gasteiger partial charge in [-0.05, 0) is 56.5 Å². The Morgan fingerprint density at radius 2 is 1.94 bits per heavy atom. The zero-order chi connectivity index (χ0) is 13.1. The maximum atomic E-state index is 5.68. The van der Waals surface area contributed by atoms with Gasteiger partial charge in [-0.2, -0.15) is 4.98 Å². The van der Waals surface area contributed by atoms with Crippen LogP contribution in [-0.4, -0.2) is 10.1 Å². The van der Waals surface area contributed by atoms with Crippen molar-refractivity contribution in [3.8, 4) is 5.75 Å². The van der Waals surface area contributed by atoms with Crippen molar-refractivity contribution >= 4 is 31.9 Å². The lowest BCUT2D eigenvalue weighted by molar-refractivity contribution is 0.240. The highest BCUT2D eigenvalue weighted by Gasteiger charge is 2.10. The van der Waals surface area contributed by atoms with Gasteiger partial charge in [0.1, 0.15) is 5.75 Å². The molecule has 0 atom stereocenters. The summed E-state index contributed by atoms with van der Waals surface area (Å²) >= 11 is 6.94. The van der Waals surface area contributed by atoms with Crippen LogP contribution in [0.3, 0.4) is 0 Å². The Morgan fingerprint density at radius 3 is 2.50 bits per heavy atom. The Bertz CT molecular complexity index is 532. The highest BCUT2D eigenvalue weighted by Crippen LogP contribution is 2.34. The normalized spacial score (nSPS) is 10.7. The second kappa shape index (κ2) is 5.84. The predicted octanol–water partition coefficient (Wildman–Crippen LogP) is 4.04. The summed E-state index contributed by atoms with van der Waals surface area (Å²) in [5.74, 6) is 1.90. The van der Waals surface area contributed by atoms with Crippen molar-refractivity contribution in [2.45, 2.75) is 26.9 Å². The first-order valence-corrected chi connectivity index (χ1v) is 7.08. The zero-order valence-corrected chi connectivity index (χ0v) is 13.2. The maximum Gasteiger partial charge on any atom is 0.264 e. The molecule has 0 aliphatic heterocycles. The van der Waals surface area contributed by atoms with E-state index in [-0.39, 0.29) is 6.61 Å². The summed E-state index contributed by atoms with van der Waals surface area (Å²) in [5, 5.41) is 3.82. The summed E-state index contributed by atoms with van der Waals surface area (Å²) in [6, 6.07) is 3.98. The molecule has 0 N–H and O–H groups in total. The van der Waals surface area contributed by atoms with Crippen molar-refractivity contribution in [1.82, 2.24) is 10.1 Å². The first-order valence-electron chi connectivity index (χ1n) is 5.50. The molecule has 0 saturated heterocycles. The van der Waals surface area contributed by atoms with E-state index in [9.17, 15) is 0 Å². The van der Waals surface area contributed by atoms with E-state index in [1.165, 1.54) is 0 Å². The number of nitrogens with zero attached hydrogens (tertiary/aromatic N) is 2. The average molecular weight is 376 g/mol. The number of hydrogen-bond acceptors (Lipinski definition) is 4. The minimum Gasteiger partial charge on any atom is -0.481 e. The highest BCUT2D eigenvalue weighted by atomic mass is 79.9. The van der Waals surface area contributed by atoms with Crippen LogP contribution >= 0.6 is 31.9 Å². The number of rotatable bonds is 4. The van der Waals surface area contributed by atoms with Gasteiger partial charge in [0.15, 0.2) is 12.4 Å². The molecule has 0 aliphatic rings. The number of aryl methyl sites for hydroxylation is 2. The average Bonchev–Trinajstić information content (AvgIpc) is 2.75. The molecule has 0 spiro atoms. The van der Waals surface area contributed by atoms with Gasteiger partial charge in [-0.15, -0.1) is 0 Å². The zero-order valence-electron chi connectivity index (χ0n) is 10.0. The van der Waals surface area contributed by atoms with Crippen molar-refractivity contribution in [2.24, 2.45) is 0 Å². The number of ether oxygens (including phenoxy) is 1. The van der Waals surface area contributed by atoms with Crippen LogP contribution in [0.1, 0.15) is 24.2 Å². The molecular formula is C12H12Br2N2O2. The number of aromatic nitrogens is 2. The van der Waals surface area contributed by atoms with Gasteiger partial charge in [0.2, 0.25) is 0 Å². The highest BCUT2D eigenvalue weighted by molar-refractivity contribution is 9.11. The van der Waals surface area contributed by atoms with E-state index in [0.29, 0.717) is 11.7 Å². The molecular weight excluding hydrogens is 364 g/mol. The van der Waals surface area contributed by atoms with Gasteiger partial charge in [-0.25, -0.2) is 0 Å². The summed E-state index contributed by atoms with van der Waals surface area (Å²) in [6.45, 7) is 4.25. The van der Waals surface area contributed by atoms with E-state index in [1.54, 1.807) is 0 Å². The van der Waals surface area contributed by atoms with Crippen LogP contribution < -0.4 is 4.74 Å². The Hall–Kier alpha value is -0.880. The molecule has 96 valence electrons. The molecule has 0 unspecified atom stereocenters. The molecule has 0 bridgehead atoms. The molecule has 0 aliphatic carbocycles. The largest absolute Gasteiger partial charge is 0.481 e. The van der Waals surface area contributed by atoms with Crippen molar-refractivity contribution in [3.05, 3.63) is 38.4 Å². The van der Waals surface area contributed by atoms with E-state index < -0.39 is 0 Å². The standard InChI is InChI=1S/C12H12Br2N2O2/c1-3-10-15-11(18-16-10)6-17-12-8(13)4-7(2)5-9(12)14/h4-5H,3,6H2,1-2H3. The molecule has 0 radical (unpaired) electrons. The van der Waals surface area contributed by atoms with Crippen LogP contribution in [0.5, 0.6) is 5.75 Å². The van der Waals surface area contributed by atoms with E-state index in [4.69, 9.17) is 9.26 Å². The van der Waals surface area contributed by atoms with Gasteiger partial charge in [-0.1, -0.05) is 12.1 Å². The third kappa shape index (κ3) is 3.11. The fraction of sp³-hybridized carbons (Fsp3) is 0.333. The van der Waals surface area contributed by atoms with Crippen LogP contribution in [0.15, 0.2) is 25.6 Å². The summed E-state index contributed by atoms with van der Waals surface area (Å²) in [6.07, 6.45) is 0.751. The van der Waals surface area contributed by atoms with Crippen LogP contribution in [0, 0.1) is 6.92 Å². The molecule has 6 heteroatoms. The smallest absolute Gasteiger partial charge is 0.264 e. The second-order valence-corrected chi connectivity index (χ2v) is 5.51. The van der Waals surface area contributed by atoms with Gasteiger partial charge in [0.25, 0.3) is 5.89 Å². The van der Waals surface area contributed by atoms with Crippen LogP contribution in [-0.2, 0) is 13.0 Å². The Kier molecular flexibility index (Phi) is 4.40. The number of hydrogen-bond donors (Lipinski definition) is 0. The molecule has 0 fully saturated rings. The second-order valence-electron chi connectivity index (χ2n) is 3.80. The minimum atomic E-state index is 0.257. The molecule has 4 nitrogen and oxygen atoms in total. The molecule has 2 aromatic rings. The quantitative estimate of drug-likeness (QED) is 0.808. The fourth-order valence-corrected chi connectivity index (χ4v) is 3.10. The van der Waals surface area contributed by atoms with E-state index in [0.717, 1.165) is 26.7 Å². The summed E-state index contributed by atoms with van der Waals surface area (Å²) < 4.78 is 12.5. The first-order chi connectivity index (χ1) is 8.60. The Labute approximate surface area is 122 Å². The fourth-order valence-electron chi connectivity index (χ4n) is 1.45. The molecule has 1 aromatic carbocycles. The van der Waals surface area contributed by atoms with Crippen LogP contribution in [0.2, 0.25) is 0 Å². The predicted molar refractivity (Wildman–Crippen MR) is 74.6 cm³/mol. The van der Waals surface area contributed by atoms with Gasteiger partial charge >= 0.3 is 0 Å². The lowest BCUT2D eigenvalue weighted by atomic mass is 10.2. The summed E-state index contributed by atoms with van der Waals surface area (Å²) in [4.78, 5) is 4.19. The van der Waals surface area contributed by atoms with Gasteiger partial charge in [0.05, 0.1) is 8.95 Å². The summed E-state index contributed by atoms with van der Waals surface area (Å²) in [5.41, 5.74) is 1.15. The van der Waals surface area contributed by atoms with Gasteiger partial charge in [0, 0.05) is 6.42 Å². The van der Waals surface area contributed by atoms with Crippen LogP contribution in [0.25, 0.3) is 0 Å². The lowest BCUT2D eigenvalue weighted by Gasteiger charge is -2.09. The number of benzene rings is 1. The molecule has 1 aromatic heterocycles. The van der Waals surface area contributed by atoms with Crippen molar-refractivity contribution in [3.63, 3.8) is 0 Å². The van der Waals surface area contributed by atoms with Gasteiger partial charge in [-0.3, -0.25) is 0 Å². The minimum absolute atomic E-state index is 0.257. The van der Waals surface area contributed by atoms with E-state index in [2.05, 4.69) is 42.0 Å². The summed E-state index contributed by atoms with van der Waals surface area (Å²) in [7, 11) is 0. The number of halogens is 2. The van der Waals surface area contributed by atoms with Crippen molar-refractivity contribution in [2.75, 3.05) is 0 Å². The first kappa shape index (κ1) is 13.5. The third-order valence-electron chi connectivity index (χ3n) is 2.31. The Balaban J connectivity index is 2.10. The lowest BCUT2D eigenvalue weighted by Crippen LogP contribution is -1.98. The molecule has 18 heavy (non-hydrogen) atoms. The molecule has 0 saturated carbocycles. The maximum absolute atomic E-state index is 5.68. The molecule has 0 amide bonds. The van der Waals surface area contributed by atoms with Crippen molar-refractivity contribution in [1.29, 1.82) is 0 Å². The van der Waals surface area contributed by atoms with Crippen LogP contribution in [0.4, 0.5) is 0 Å². The van der Waals surface area contributed by atoms with Gasteiger partial charge < -0.3 is 9.26 Å². The third-order valence-corrected chi connectivity index (χ3v) is 3.49. The SMILES string of the molecule is CCc1noc(COc2c(Br)cc(C)cc2Br)n1. The molecule has 2 rings (SSSR count). The topological polar surface area (TPSA) is 48.2 Å². The Morgan fingerprint density at radius 1 is 1.28 bits per heavy atom. The van der Waals surface area contributed by atoms with E-state index in [1.807, 2.05) is 26.0 Å². The van der Waals surface area contributed by atoms with E-state index >= 15 is 0 Å². The monoisotopic (exact) mass is 374 g/mol.